The maximum absolute atomic E-state index is 6.01. The third-order valence-corrected chi connectivity index (χ3v) is 3.93. The van der Waals surface area contributed by atoms with E-state index in [-0.39, 0.29) is 5.60 Å². The van der Waals surface area contributed by atoms with Crippen LogP contribution in [0.1, 0.15) is 58.3 Å². The molecule has 0 radical (unpaired) electrons. The number of rotatable bonds is 1. The van der Waals surface area contributed by atoms with Crippen molar-refractivity contribution in [3.8, 4) is 0 Å². The van der Waals surface area contributed by atoms with Crippen LogP contribution in [0.2, 0.25) is 0 Å². The smallest absolute Gasteiger partial charge is 0.0976 e. The molecule has 0 aromatic heterocycles. The summed E-state index contributed by atoms with van der Waals surface area (Å²) in [5.41, 5.74) is 0.204. The van der Waals surface area contributed by atoms with Crippen molar-refractivity contribution in [3.63, 3.8) is 0 Å². The monoisotopic (exact) mass is 197 g/mol. The molecule has 1 spiro atoms. The van der Waals surface area contributed by atoms with Crippen LogP contribution in [-0.2, 0) is 4.74 Å². The number of ether oxygens (including phenoxy) is 1. The Morgan fingerprint density at radius 3 is 2.43 bits per heavy atom. The Labute approximate surface area is 87.4 Å². The van der Waals surface area contributed by atoms with Crippen LogP contribution in [0.15, 0.2) is 0 Å². The Bertz CT molecular complexity index is 173. The van der Waals surface area contributed by atoms with Gasteiger partial charge in [-0.15, -0.1) is 0 Å². The Morgan fingerprint density at radius 1 is 1.14 bits per heavy atom. The third-order valence-electron chi connectivity index (χ3n) is 3.93. The average molecular weight is 197 g/mol. The second kappa shape index (κ2) is 4.63. The van der Waals surface area contributed by atoms with Crippen molar-refractivity contribution in [2.75, 3.05) is 6.73 Å². The maximum atomic E-state index is 6.01. The van der Waals surface area contributed by atoms with Gasteiger partial charge in [0.05, 0.1) is 12.3 Å². The average Bonchev–Trinajstić information content (AvgIpc) is 2.55. The molecule has 2 fully saturated rings. The summed E-state index contributed by atoms with van der Waals surface area (Å²) < 4.78 is 6.01. The summed E-state index contributed by atoms with van der Waals surface area (Å²) in [5, 5.41) is 3.49. The first-order valence-electron chi connectivity index (χ1n) is 6.25. The van der Waals surface area contributed by atoms with Gasteiger partial charge in [0.25, 0.3) is 0 Å². The van der Waals surface area contributed by atoms with Crippen molar-refractivity contribution in [1.82, 2.24) is 5.32 Å². The first-order valence-corrected chi connectivity index (χ1v) is 6.25. The highest BCUT2D eigenvalue weighted by Gasteiger charge is 2.42. The molecule has 0 aromatic carbocycles. The van der Waals surface area contributed by atoms with Gasteiger partial charge in [0.2, 0.25) is 0 Å². The molecule has 1 N–H and O–H groups in total. The molecule has 2 heteroatoms. The number of hydrogen-bond acceptors (Lipinski definition) is 2. The van der Waals surface area contributed by atoms with Crippen molar-refractivity contribution in [1.29, 1.82) is 0 Å². The highest BCUT2D eigenvalue weighted by atomic mass is 16.5. The lowest BCUT2D eigenvalue weighted by molar-refractivity contribution is -0.0259. The molecule has 0 amide bonds. The molecule has 82 valence electrons. The predicted octanol–water partition coefficient (Wildman–Crippen LogP) is 2.83. The van der Waals surface area contributed by atoms with Gasteiger partial charge in [-0.05, 0) is 19.3 Å². The fourth-order valence-corrected chi connectivity index (χ4v) is 3.09. The molecule has 14 heavy (non-hydrogen) atoms. The summed E-state index contributed by atoms with van der Waals surface area (Å²) in [4.78, 5) is 0. The number of hydrogen-bond donors (Lipinski definition) is 1. The minimum absolute atomic E-state index is 0.204. The summed E-state index contributed by atoms with van der Waals surface area (Å²) >= 11 is 0. The Hall–Kier alpha value is -0.0800. The van der Waals surface area contributed by atoms with Crippen LogP contribution < -0.4 is 5.32 Å². The van der Waals surface area contributed by atoms with E-state index in [9.17, 15) is 0 Å². The maximum Gasteiger partial charge on any atom is 0.0976 e. The molecule has 1 saturated carbocycles. The van der Waals surface area contributed by atoms with Crippen molar-refractivity contribution < 1.29 is 4.74 Å². The van der Waals surface area contributed by atoms with Crippen molar-refractivity contribution in [2.24, 2.45) is 0 Å². The highest BCUT2D eigenvalue weighted by molar-refractivity contribution is 4.96. The van der Waals surface area contributed by atoms with E-state index < -0.39 is 0 Å². The zero-order valence-electron chi connectivity index (χ0n) is 9.35. The molecule has 2 rings (SSSR count). The lowest BCUT2D eigenvalue weighted by Crippen LogP contribution is -2.43. The minimum Gasteiger partial charge on any atom is -0.358 e. The van der Waals surface area contributed by atoms with Crippen LogP contribution in [0.4, 0.5) is 0 Å². The zero-order chi connectivity index (χ0) is 9.86. The highest BCUT2D eigenvalue weighted by Crippen LogP contribution is 2.36. The van der Waals surface area contributed by atoms with Crippen LogP contribution in [0.5, 0.6) is 0 Å². The molecule has 2 aliphatic rings. The molecule has 0 aromatic rings. The summed E-state index contributed by atoms with van der Waals surface area (Å²) in [6.45, 7) is 3.05. The molecule has 1 atom stereocenters. The van der Waals surface area contributed by atoms with E-state index >= 15 is 0 Å². The quantitative estimate of drug-likeness (QED) is 0.698. The molecular formula is C12H23NO. The Morgan fingerprint density at radius 2 is 1.79 bits per heavy atom. The van der Waals surface area contributed by atoms with Crippen molar-refractivity contribution >= 4 is 0 Å². The van der Waals surface area contributed by atoms with Crippen LogP contribution in [-0.4, -0.2) is 18.4 Å². The summed E-state index contributed by atoms with van der Waals surface area (Å²) in [6, 6.07) is 0.612. The Balaban J connectivity index is 2.02. The van der Waals surface area contributed by atoms with Gasteiger partial charge >= 0.3 is 0 Å². The summed E-state index contributed by atoms with van der Waals surface area (Å²) in [6.07, 6.45) is 10.7. The standard InChI is InChI=1S/C12H23NO/c1-2-11-12(14-10-13-11)8-6-4-3-5-7-9-12/h11,13H,2-10H2,1H3. The van der Waals surface area contributed by atoms with Crippen molar-refractivity contribution in [2.45, 2.75) is 69.9 Å². The lowest BCUT2D eigenvalue weighted by Gasteiger charge is -2.35. The summed E-state index contributed by atoms with van der Waals surface area (Å²) in [5.74, 6) is 0. The van der Waals surface area contributed by atoms with Gasteiger partial charge in [0.15, 0.2) is 0 Å². The fraction of sp³-hybridized carbons (Fsp3) is 1.00. The SMILES string of the molecule is CCC1NCOC12CCCCCCC2. The largest absolute Gasteiger partial charge is 0.358 e. The predicted molar refractivity (Wildman–Crippen MR) is 58.2 cm³/mol. The fourth-order valence-electron chi connectivity index (χ4n) is 3.09. The van der Waals surface area contributed by atoms with E-state index in [1.54, 1.807) is 0 Å². The number of nitrogens with one attached hydrogen (secondary N) is 1. The second-order valence-electron chi connectivity index (χ2n) is 4.79. The van der Waals surface area contributed by atoms with Crippen molar-refractivity contribution in [3.05, 3.63) is 0 Å². The molecule has 1 saturated heterocycles. The zero-order valence-corrected chi connectivity index (χ0v) is 9.35. The third kappa shape index (κ3) is 1.96. The van der Waals surface area contributed by atoms with Gasteiger partial charge < -0.3 is 4.74 Å². The van der Waals surface area contributed by atoms with E-state index in [1.807, 2.05) is 0 Å². The van der Waals surface area contributed by atoms with E-state index in [0.717, 1.165) is 6.73 Å². The van der Waals surface area contributed by atoms with Gasteiger partial charge in [-0.1, -0.05) is 39.0 Å². The summed E-state index contributed by atoms with van der Waals surface area (Å²) in [7, 11) is 0. The topological polar surface area (TPSA) is 21.3 Å². The molecule has 2 nitrogen and oxygen atoms in total. The van der Waals surface area contributed by atoms with Crippen LogP contribution in [0, 0.1) is 0 Å². The lowest BCUT2D eigenvalue weighted by atomic mass is 9.81. The Kier molecular flexibility index (Phi) is 3.45. The first kappa shape index (κ1) is 10.4. The second-order valence-corrected chi connectivity index (χ2v) is 4.79. The molecule has 1 aliphatic carbocycles. The van der Waals surface area contributed by atoms with E-state index in [2.05, 4.69) is 12.2 Å². The van der Waals surface area contributed by atoms with Crippen LogP contribution in [0.3, 0.4) is 0 Å². The molecule has 1 heterocycles. The van der Waals surface area contributed by atoms with Gasteiger partial charge in [-0.2, -0.15) is 0 Å². The molecule has 0 bridgehead atoms. The first-order chi connectivity index (χ1) is 6.87. The molecule has 1 aliphatic heterocycles. The van der Waals surface area contributed by atoms with E-state index in [0.29, 0.717) is 6.04 Å². The van der Waals surface area contributed by atoms with E-state index in [1.165, 1.54) is 51.4 Å². The van der Waals surface area contributed by atoms with Gasteiger partial charge in [0, 0.05) is 6.04 Å². The molecule has 1 unspecified atom stereocenters. The normalized spacial score (nSPS) is 32.8. The van der Waals surface area contributed by atoms with Crippen LogP contribution in [0.25, 0.3) is 0 Å². The van der Waals surface area contributed by atoms with E-state index in [4.69, 9.17) is 4.74 Å². The van der Waals surface area contributed by atoms with Gasteiger partial charge in [-0.3, -0.25) is 5.32 Å². The minimum atomic E-state index is 0.204. The van der Waals surface area contributed by atoms with Gasteiger partial charge in [0.1, 0.15) is 0 Å². The molecular weight excluding hydrogens is 174 g/mol. The van der Waals surface area contributed by atoms with Gasteiger partial charge in [-0.25, -0.2) is 0 Å². The van der Waals surface area contributed by atoms with Crippen LogP contribution >= 0.6 is 0 Å².